The van der Waals surface area contributed by atoms with E-state index in [-0.39, 0.29) is 11.1 Å². The number of rotatable bonds is 3. The monoisotopic (exact) mass is 367 g/mol. The molecule has 0 radical (unpaired) electrons. The van der Waals surface area contributed by atoms with Gasteiger partial charge in [-0.05, 0) is 56.5 Å². The number of nitrogens with zero attached hydrogens (tertiary/aromatic N) is 3. The van der Waals surface area contributed by atoms with Crippen LogP contribution >= 0.6 is 0 Å². The predicted molar refractivity (Wildman–Crippen MR) is 106 cm³/mol. The quantitative estimate of drug-likeness (QED) is 0.862. The number of hydrogen-bond acceptors (Lipinski definition) is 5. The van der Waals surface area contributed by atoms with Crippen LogP contribution in [0.1, 0.15) is 34.5 Å². The van der Waals surface area contributed by atoms with E-state index in [2.05, 4.69) is 32.1 Å². The molecular formula is C20H25N5O2. The molecule has 1 aliphatic carbocycles. The molecule has 4 rings (SSSR count). The molecule has 2 aromatic heterocycles. The number of carbonyl (C=O) groups is 1. The van der Waals surface area contributed by atoms with Crippen LogP contribution in [0.5, 0.6) is 0 Å². The summed E-state index contributed by atoms with van der Waals surface area (Å²) in [5.41, 5.74) is 2.49. The molecule has 0 spiro atoms. The van der Waals surface area contributed by atoms with Crippen LogP contribution in [0, 0.1) is 0 Å². The van der Waals surface area contributed by atoms with Gasteiger partial charge in [-0.1, -0.05) is 0 Å². The number of carbonyl (C=O) groups excluding carboxylic acids is 1. The molecule has 0 bridgehead atoms. The van der Waals surface area contributed by atoms with E-state index in [0.717, 1.165) is 68.9 Å². The smallest absolute Gasteiger partial charge is 0.261 e. The maximum absolute atomic E-state index is 12.6. The van der Waals surface area contributed by atoms with E-state index in [4.69, 9.17) is 0 Å². The first-order valence-electron chi connectivity index (χ1n) is 9.56. The number of fused-ring (bicyclic) bond motifs is 1. The highest BCUT2D eigenvalue weighted by atomic mass is 16.2. The third-order valence-electron chi connectivity index (χ3n) is 5.42. The molecule has 27 heavy (non-hydrogen) atoms. The zero-order valence-corrected chi connectivity index (χ0v) is 15.6. The Balaban J connectivity index is 1.46. The Morgan fingerprint density at radius 2 is 1.93 bits per heavy atom. The molecule has 7 nitrogen and oxygen atoms in total. The molecule has 142 valence electrons. The van der Waals surface area contributed by atoms with E-state index in [9.17, 15) is 9.59 Å². The highest BCUT2D eigenvalue weighted by Crippen LogP contribution is 2.20. The summed E-state index contributed by atoms with van der Waals surface area (Å²) in [5, 5.41) is 2.79. The first kappa shape index (κ1) is 17.7. The van der Waals surface area contributed by atoms with Gasteiger partial charge in [0.05, 0.1) is 11.9 Å². The molecular weight excluding hydrogens is 342 g/mol. The Kier molecular flexibility index (Phi) is 4.94. The van der Waals surface area contributed by atoms with Crippen LogP contribution in [0.4, 0.5) is 11.5 Å². The summed E-state index contributed by atoms with van der Waals surface area (Å²) in [6.07, 6.45) is 5.62. The number of hydrogen-bond donors (Lipinski definition) is 2. The van der Waals surface area contributed by atoms with Crippen molar-refractivity contribution in [3.63, 3.8) is 0 Å². The number of pyridine rings is 2. The largest absolute Gasteiger partial charge is 0.354 e. The van der Waals surface area contributed by atoms with Gasteiger partial charge in [-0.2, -0.15) is 0 Å². The van der Waals surface area contributed by atoms with Gasteiger partial charge >= 0.3 is 0 Å². The number of aryl methyl sites for hydroxylation is 2. The lowest BCUT2D eigenvalue weighted by Crippen LogP contribution is -2.44. The molecule has 0 unspecified atom stereocenters. The Labute approximate surface area is 158 Å². The molecule has 1 fully saturated rings. The van der Waals surface area contributed by atoms with Crippen molar-refractivity contribution in [1.82, 2.24) is 14.9 Å². The minimum atomic E-state index is -0.390. The second-order valence-electron chi connectivity index (χ2n) is 7.37. The van der Waals surface area contributed by atoms with E-state index < -0.39 is 5.91 Å². The number of aromatic amines is 1. The van der Waals surface area contributed by atoms with E-state index in [0.29, 0.717) is 5.69 Å². The average molecular weight is 367 g/mol. The molecule has 7 heteroatoms. The summed E-state index contributed by atoms with van der Waals surface area (Å²) in [6.45, 7) is 3.92. The zero-order valence-electron chi connectivity index (χ0n) is 15.6. The lowest BCUT2D eigenvalue weighted by molar-refractivity contribution is 0.102. The second-order valence-corrected chi connectivity index (χ2v) is 7.37. The molecule has 1 aliphatic heterocycles. The number of nitrogens with one attached hydrogen (secondary N) is 2. The maximum Gasteiger partial charge on any atom is 0.261 e. The number of anilines is 2. The Bertz CT molecular complexity index is 882. The normalized spacial score (nSPS) is 17.4. The standard InChI is InChI=1S/C20H25N5O2/c1-24-8-10-25(11-9-24)18-7-6-15(13-21-18)22-19(26)16-12-14-4-2-3-5-17(14)23-20(16)27/h6-7,12-13H,2-5,8-11H2,1H3,(H,22,26)(H,23,27). The topological polar surface area (TPSA) is 81.3 Å². The highest BCUT2D eigenvalue weighted by Gasteiger charge is 2.18. The van der Waals surface area contributed by atoms with Gasteiger partial charge in [-0.25, -0.2) is 4.98 Å². The minimum absolute atomic E-state index is 0.166. The molecule has 1 saturated heterocycles. The molecule has 3 heterocycles. The first-order chi connectivity index (χ1) is 13.1. The van der Waals surface area contributed by atoms with E-state index in [1.807, 2.05) is 12.1 Å². The number of amides is 1. The molecule has 0 aromatic carbocycles. The van der Waals surface area contributed by atoms with Crippen LogP contribution in [-0.2, 0) is 12.8 Å². The van der Waals surface area contributed by atoms with Gasteiger partial charge in [0.25, 0.3) is 11.5 Å². The van der Waals surface area contributed by atoms with Crippen molar-refractivity contribution < 1.29 is 4.79 Å². The predicted octanol–water partition coefficient (Wildman–Crippen LogP) is 1.65. The summed E-state index contributed by atoms with van der Waals surface area (Å²) in [7, 11) is 2.12. The van der Waals surface area contributed by atoms with Gasteiger partial charge in [0, 0.05) is 31.9 Å². The van der Waals surface area contributed by atoms with Crippen LogP contribution in [-0.4, -0.2) is 54.0 Å². The fraction of sp³-hybridized carbons (Fsp3) is 0.450. The van der Waals surface area contributed by atoms with Gasteiger partial charge in [0.1, 0.15) is 11.4 Å². The number of piperazine rings is 1. The van der Waals surface area contributed by atoms with Crippen molar-refractivity contribution >= 4 is 17.4 Å². The van der Waals surface area contributed by atoms with Crippen molar-refractivity contribution in [2.75, 3.05) is 43.4 Å². The number of H-pyrrole nitrogens is 1. The summed E-state index contributed by atoms with van der Waals surface area (Å²) in [4.78, 5) is 36.7. The Morgan fingerprint density at radius 1 is 1.15 bits per heavy atom. The molecule has 2 aromatic rings. The van der Waals surface area contributed by atoms with Crippen molar-refractivity contribution in [2.45, 2.75) is 25.7 Å². The first-order valence-corrected chi connectivity index (χ1v) is 9.56. The van der Waals surface area contributed by atoms with E-state index in [1.54, 1.807) is 12.3 Å². The third kappa shape index (κ3) is 3.88. The fourth-order valence-corrected chi connectivity index (χ4v) is 3.72. The molecule has 1 amide bonds. The zero-order chi connectivity index (χ0) is 18.8. The number of aromatic nitrogens is 2. The third-order valence-corrected chi connectivity index (χ3v) is 5.42. The van der Waals surface area contributed by atoms with Gasteiger partial charge in [-0.3, -0.25) is 9.59 Å². The van der Waals surface area contributed by atoms with Crippen molar-refractivity contribution in [3.8, 4) is 0 Å². The van der Waals surface area contributed by atoms with Crippen LogP contribution in [0.3, 0.4) is 0 Å². The summed E-state index contributed by atoms with van der Waals surface area (Å²) in [6, 6.07) is 5.50. The Hall–Kier alpha value is -2.67. The van der Waals surface area contributed by atoms with E-state index in [1.165, 1.54) is 0 Å². The average Bonchev–Trinajstić information content (AvgIpc) is 2.68. The lowest BCUT2D eigenvalue weighted by atomic mass is 9.95. The molecule has 2 aliphatic rings. The fourth-order valence-electron chi connectivity index (χ4n) is 3.72. The molecule has 0 atom stereocenters. The van der Waals surface area contributed by atoms with Gasteiger partial charge in [-0.15, -0.1) is 0 Å². The summed E-state index contributed by atoms with van der Waals surface area (Å²) < 4.78 is 0. The van der Waals surface area contributed by atoms with E-state index >= 15 is 0 Å². The summed E-state index contributed by atoms with van der Waals surface area (Å²) in [5.74, 6) is 0.520. The van der Waals surface area contributed by atoms with Crippen LogP contribution in [0.25, 0.3) is 0 Å². The highest BCUT2D eigenvalue weighted by molar-refractivity contribution is 6.04. The lowest BCUT2D eigenvalue weighted by Gasteiger charge is -2.33. The van der Waals surface area contributed by atoms with Crippen LogP contribution < -0.4 is 15.8 Å². The minimum Gasteiger partial charge on any atom is -0.354 e. The van der Waals surface area contributed by atoms with Gasteiger partial charge in [0.2, 0.25) is 0 Å². The Morgan fingerprint density at radius 3 is 2.67 bits per heavy atom. The van der Waals surface area contributed by atoms with Crippen LogP contribution in [0.2, 0.25) is 0 Å². The number of likely N-dealkylation sites (N-methyl/N-ethyl adjacent to an activating group) is 1. The molecule has 0 saturated carbocycles. The van der Waals surface area contributed by atoms with Crippen LogP contribution in [0.15, 0.2) is 29.2 Å². The maximum atomic E-state index is 12.6. The van der Waals surface area contributed by atoms with Crippen molar-refractivity contribution in [3.05, 3.63) is 51.6 Å². The van der Waals surface area contributed by atoms with Crippen molar-refractivity contribution in [1.29, 1.82) is 0 Å². The molecule has 2 N–H and O–H groups in total. The van der Waals surface area contributed by atoms with Crippen molar-refractivity contribution in [2.24, 2.45) is 0 Å². The SMILES string of the molecule is CN1CCN(c2ccc(NC(=O)c3cc4c([nH]c3=O)CCCC4)cn2)CC1. The second kappa shape index (κ2) is 7.52. The summed E-state index contributed by atoms with van der Waals surface area (Å²) >= 11 is 0. The van der Waals surface area contributed by atoms with Gasteiger partial charge in [0.15, 0.2) is 0 Å². The van der Waals surface area contributed by atoms with Gasteiger partial charge < -0.3 is 20.1 Å².